The Hall–Kier alpha value is -3.15. The van der Waals surface area contributed by atoms with E-state index < -0.39 is 38.5 Å². The van der Waals surface area contributed by atoms with Gasteiger partial charge in [0.05, 0.1) is 5.22 Å². The van der Waals surface area contributed by atoms with Gasteiger partial charge in [0, 0.05) is 16.0 Å². The van der Waals surface area contributed by atoms with Crippen LogP contribution in [0.25, 0.3) is 10.8 Å². The Bertz CT molecular complexity index is 1180. The van der Waals surface area contributed by atoms with Gasteiger partial charge in [0.25, 0.3) is 0 Å². The second-order valence-electron chi connectivity index (χ2n) is 4.51. The fraction of sp³-hybridized carbons (Fsp3) is 0. The molecule has 0 spiro atoms. The highest BCUT2D eigenvalue weighted by Crippen LogP contribution is 2.05. The van der Waals surface area contributed by atoms with Crippen molar-refractivity contribution in [2.75, 3.05) is 0 Å². The Morgan fingerprint density at radius 1 is 0.810 bits per heavy atom. The minimum Gasteiger partial charge on any atom is -0.478 e. The van der Waals surface area contributed by atoms with Crippen molar-refractivity contribution < 1.29 is 9.90 Å². The summed E-state index contributed by atoms with van der Waals surface area (Å²) in [6.07, 6.45) is 0. The van der Waals surface area contributed by atoms with Gasteiger partial charge in [-0.3, -0.25) is 19.2 Å². The summed E-state index contributed by atoms with van der Waals surface area (Å²) in [5, 5.41) is 8.15. The second kappa shape index (κ2) is 4.17. The van der Waals surface area contributed by atoms with Crippen LogP contribution >= 0.6 is 0 Å². The standard InChI is InChI=1S/C15H6O6/c16-11-6-3-1-2-4-7(6)12(17)10-8(11)5-9(15(20)21)13(18)14(10)19/h1-5H,(H,20,21). The van der Waals surface area contributed by atoms with Gasteiger partial charge in [0.15, 0.2) is 10.9 Å². The summed E-state index contributed by atoms with van der Waals surface area (Å²) >= 11 is 0. The van der Waals surface area contributed by atoms with Crippen molar-refractivity contribution in [3.63, 3.8) is 0 Å². The lowest BCUT2D eigenvalue weighted by Gasteiger charge is -1.98. The molecule has 0 amide bonds. The number of hydrogen-bond donors (Lipinski definition) is 1. The van der Waals surface area contributed by atoms with Crippen LogP contribution in [0.4, 0.5) is 0 Å². The first-order valence-corrected chi connectivity index (χ1v) is 5.90. The van der Waals surface area contributed by atoms with Gasteiger partial charge in [0.1, 0.15) is 5.56 Å². The Labute approximate surface area is 114 Å². The Morgan fingerprint density at radius 2 is 1.38 bits per heavy atom. The van der Waals surface area contributed by atoms with Gasteiger partial charge in [0.2, 0.25) is 10.9 Å². The van der Waals surface area contributed by atoms with Gasteiger partial charge >= 0.3 is 5.97 Å². The number of hydrogen-bond acceptors (Lipinski definition) is 5. The number of rotatable bonds is 1. The number of benzene rings is 1. The molecule has 0 fully saturated rings. The summed E-state index contributed by atoms with van der Waals surface area (Å²) in [5.74, 6) is -1.61. The predicted molar refractivity (Wildman–Crippen MR) is 73.7 cm³/mol. The van der Waals surface area contributed by atoms with Crippen LogP contribution in [0.5, 0.6) is 0 Å². The van der Waals surface area contributed by atoms with Crippen LogP contribution in [0.15, 0.2) is 49.5 Å². The molecule has 0 atom stereocenters. The van der Waals surface area contributed by atoms with Crippen molar-refractivity contribution in [2.45, 2.75) is 0 Å². The number of carbonyl (C=O) groups is 1. The van der Waals surface area contributed by atoms with Crippen molar-refractivity contribution in [1.82, 2.24) is 0 Å². The second-order valence-corrected chi connectivity index (χ2v) is 4.51. The predicted octanol–water partition coefficient (Wildman–Crippen LogP) is -0.421. The van der Waals surface area contributed by atoms with E-state index in [2.05, 4.69) is 0 Å². The summed E-state index contributed by atoms with van der Waals surface area (Å²) < 4.78 is 0. The maximum atomic E-state index is 12.3. The number of aromatic carboxylic acids is 1. The molecule has 102 valence electrons. The van der Waals surface area contributed by atoms with Crippen LogP contribution in [-0.2, 0) is 0 Å². The first-order valence-electron chi connectivity index (χ1n) is 5.90. The zero-order valence-electron chi connectivity index (χ0n) is 10.4. The van der Waals surface area contributed by atoms with Crippen LogP contribution in [0.1, 0.15) is 10.4 Å². The van der Waals surface area contributed by atoms with E-state index >= 15 is 0 Å². The SMILES string of the molecule is O=C(O)c1cc2c(=O)c3ccccc3c(=O)c=2c(=O)c1=O. The van der Waals surface area contributed by atoms with Crippen molar-refractivity contribution in [2.24, 2.45) is 0 Å². The van der Waals surface area contributed by atoms with E-state index in [-0.39, 0.29) is 16.0 Å². The van der Waals surface area contributed by atoms with E-state index in [1.165, 1.54) is 18.2 Å². The molecule has 3 rings (SSSR count). The van der Waals surface area contributed by atoms with Crippen LogP contribution in [-0.4, -0.2) is 11.1 Å². The van der Waals surface area contributed by atoms with Gasteiger partial charge in [-0.05, 0) is 6.07 Å². The molecule has 1 N–H and O–H groups in total. The molecule has 0 radical (unpaired) electrons. The van der Waals surface area contributed by atoms with Gasteiger partial charge in [-0.1, -0.05) is 24.3 Å². The lowest BCUT2D eigenvalue weighted by Crippen LogP contribution is -2.35. The number of carboxylic acid groups (broad SMARTS) is 1. The largest absolute Gasteiger partial charge is 0.478 e. The summed E-state index contributed by atoms with van der Waals surface area (Å²) in [6.45, 7) is 0. The van der Waals surface area contributed by atoms with E-state index in [1.807, 2.05) is 0 Å². The van der Waals surface area contributed by atoms with Crippen molar-refractivity contribution >= 4 is 16.7 Å². The van der Waals surface area contributed by atoms with Crippen molar-refractivity contribution in [1.29, 1.82) is 0 Å². The molecule has 6 nitrogen and oxygen atoms in total. The molecule has 1 aromatic rings. The number of carboxylic acids is 1. The van der Waals surface area contributed by atoms with Crippen LogP contribution in [0.3, 0.4) is 0 Å². The highest BCUT2D eigenvalue weighted by atomic mass is 16.4. The van der Waals surface area contributed by atoms with Gasteiger partial charge in [-0.15, -0.1) is 0 Å². The number of fused-ring (bicyclic) bond motifs is 1. The zero-order chi connectivity index (χ0) is 15.3. The molecule has 0 heterocycles. The third-order valence-corrected chi connectivity index (χ3v) is 3.35. The molecule has 0 aliphatic heterocycles. The summed E-state index contributed by atoms with van der Waals surface area (Å²) in [5.41, 5.74) is -4.72. The molecule has 0 aromatic heterocycles. The lowest BCUT2D eigenvalue weighted by molar-refractivity contribution is 0.0695. The maximum Gasteiger partial charge on any atom is 0.339 e. The fourth-order valence-electron chi connectivity index (χ4n) is 2.36. The quantitative estimate of drug-likeness (QED) is 0.608. The summed E-state index contributed by atoms with van der Waals surface area (Å²) in [6, 6.07) is 6.68. The minimum absolute atomic E-state index is 0.0366. The van der Waals surface area contributed by atoms with E-state index in [9.17, 15) is 24.0 Å². The van der Waals surface area contributed by atoms with E-state index in [0.717, 1.165) is 6.07 Å². The average molecular weight is 282 g/mol. The maximum absolute atomic E-state index is 12.3. The molecule has 6 heteroatoms. The molecule has 2 aliphatic carbocycles. The fourth-order valence-corrected chi connectivity index (χ4v) is 2.36. The minimum atomic E-state index is -1.61. The molecule has 2 aliphatic rings. The smallest absolute Gasteiger partial charge is 0.339 e. The highest BCUT2D eigenvalue weighted by Gasteiger charge is 2.17. The molecular weight excluding hydrogens is 276 g/mol. The Balaban J connectivity index is 2.86. The molecule has 0 unspecified atom stereocenters. The van der Waals surface area contributed by atoms with Gasteiger partial charge < -0.3 is 5.11 Å². The van der Waals surface area contributed by atoms with Crippen LogP contribution in [0.2, 0.25) is 0 Å². The molecular formula is C15H6O6. The van der Waals surface area contributed by atoms with E-state index in [0.29, 0.717) is 0 Å². The van der Waals surface area contributed by atoms with Crippen LogP contribution < -0.4 is 21.7 Å². The molecule has 21 heavy (non-hydrogen) atoms. The van der Waals surface area contributed by atoms with E-state index in [1.54, 1.807) is 6.07 Å². The molecule has 1 aromatic carbocycles. The van der Waals surface area contributed by atoms with Crippen LogP contribution in [0, 0.1) is 10.4 Å². The summed E-state index contributed by atoms with van der Waals surface area (Å²) in [7, 11) is 0. The first kappa shape index (κ1) is 12.9. The third kappa shape index (κ3) is 1.62. The monoisotopic (exact) mass is 282 g/mol. The normalized spacial score (nSPS) is 11.0. The van der Waals surface area contributed by atoms with Crippen molar-refractivity contribution in [3.05, 3.63) is 87.2 Å². The third-order valence-electron chi connectivity index (χ3n) is 3.35. The highest BCUT2D eigenvalue weighted by molar-refractivity contribution is 5.88. The van der Waals surface area contributed by atoms with Crippen molar-refractivity contribution in [3.8, 4) is 0 Å². The topological polar surface area (TPSA) is 106 Å². The Morgan fingerprint density at radius 3 is 1.95 bits per heavy atom. The Kier molecular flexibility index (Phi) is 2.56. The molecule has 0 saturated carbocycles. The first-order chi connectivity index (χ1) is 9.93. The molecule has 0 bridgehead atoms. The zero-order valence-corrected chi connectivity index (χ0v) is 10.4. The summed E-state index contributed by atoms with van der Waals surface area (Å²) in [4.78, 5) is 59.2. The average Bonchev–Trinajstić information content (AvgIpc) is 2.47. The van der Waals surface area contributed by atoms with Gasteiger partial charge in [-0.25, -0.2) is 4.79 Å². The molecule has 0 saturated heterocycles. The lowest BCUT2D eigenvalue weighted by atomic mass is 10.0. The van der Waals surface area contributed by atoms with E-state index in [4.69, 9.17) is 5.11 Å². The van der Waals surface area contributed by atoms with Gasteiger partial charge in [-0.2, -0.15) is 0 Å².